The van der Waals surface area contributed by atoms with Gasteiger partial charge in [0.05, 0.1) is 7.11 Å². The summed E-state index contributed by atoms with van der Waals surface area (Å²) >= 11 is 3.49. The van der Waals surface area contributed by atoms with Crippen LogP contribution in [0.25, 0.3) is 0 Å². The lowest BCUT2D eigenvalue weighted by Gasteiger charge is -2.13. The van der Waals surface area contributed by atoms with E-state index in [4.69, 9.17) is 4.74 Å². The third-order valence-electron chi connectivity index (χ3n) is 2.87. The van der Waals surface area contributed by atoms with E-state index in [2.05, 4.69) is 41.5 Å². The van der Waals surface area contributed by atoms with E-state index >= 15 is 0 Å². The van der Waals surface area contributed by atoms with E-state index in [0.717, 1.165) is 27.8 Å². The molecule has 6 nitrogen and oxygen atoms in total. The van der Waals surface area contributed by atoms with Gasteiger partial charge in [-0.1, -0.05) is 15.9 Å². The first kappa shape index (κ1) is 15.5. The molecule has 0 radical (unpaired) electrons. The van der Waals surface area contributed by atoms with Gasteiger partial charge in [-0.25, -0.2) is 0 Å². The van der Waals surface area contributed by atoms with Crippen LogP contribution in [0.3, 0.4) is 0 Å². The number of aromatic nitrogens is 3. The van der Waals surface area contributed by atoms with Gasteiger partial charge in [0.25, 0.3) is 0 Å². The molecule has 112 valence electrons. The molecule has 1 heterocycles. The van der Waals surface area contributed by atoms with E-state index in [9.17, 15) is 0 Å². The summed E-state index contributed by atoms with van der Waals surface area (Å²) in [6, 6.07) is 4.36. The standard InChI is InChI=1S/C14H18BrN5O/c1-5-16-12-18-13(20-14(19-12)21-4)17-11-8(2)6-10(15)7-9(11)3/h6-7H,5H2,1-4H3,(H2,16,17,18,19,20). The van der Waals surface area contributed by atoms with Crippen molar-refractivity contribution < 1.29 is 4.74 Å². The fourth-order valence-corrected chi connectivity index (χ4v) is 2.65. The minimum absolute atomic E-state index is 0.274. The Morgan fingerprint density at radius 1 is 1.10 bits per heavy atom. The summed E-state index contributed by atoms with van der Waals surface area (Å²) < 4.78 is 6.16. The first-order valence-corrected chi connectivity index (χ1v) is 7.40. The minimum Gasteiger partial charge on any atom is -0.467 e. The van der Waals surface area contributed by atoms with Crippen LogP contribution in [-0.2, 0) is 0 Å². The van der Waals surface area contributed by atoms with Crippen molar-refractivity contribution in [3.8, 4) is 6.01 Å². The molecule has 2 rings (SSSR count). The molecule has 0 bridgehead atoms. The van der Waals surface area contributed by atoms with Crippen molar-refractivity contribution >= 4 is 33.5 Å². The van der Waals surface area contributed by atoms with Crippen LogP contribution >= 0.6 is 15.9 Å². The van der Waals surface area contributed by atoms with Crippen LogP contribution in [0.1, 0.15) is 18.1 Å². The molecule has 21 heavy (non-hydrogen) atoms. The number of nitrogens with zero attached hydrogens (tertiary/aromatic N) is 3. The Kier molecular flexibility index (Phi) is 4.95. The van der Waals surface area contributed by atoms with Gasteiger partial charge in [0, 0.05) is 16.7 Å². The fraction of sp³-hybridized carbons (Fsp3) is 0.357. The summed E-state index contributed by atoms with van der Waals surface area (Å²) in [4.78, 5) is 12.7. The molecule has 0 aliphatic carbocycles. The van der Waals surface area contributed by atoms with Crippen LogP contribution in [-0.4, -0.2) is 28.6 Å². The van der Waals surface area contributed by atoms with E-state index in [1.54, 1.807) is 0 Å². The Balaban J connectivity index is 2.37. The van der Waals surface area contributed by atoms with Gasteiger partial charge in [0.2, 0.25) is 11.9 Å². The summed E-state index contributed by atoms with van der Waals surface area (Å²) in [6.07, 6.45) is 0. The highest BCUT2D eigenvalue weighted by Gasteiger charge is 2.10. The second kappa shape index (κ2) is 6.71. The number of methoxy groups -OCH3 is 1. The van der Waals surface area contributed by atoms with Gasteiger partial charge in [0.15, 0.2) is 0 Å². The summed E-state index contributed by atoms with van der Waals surface area (Å²) in [5.74, 6) is 0.936. The van der Waals surface area contributed by atoms with E-state index in [0.29, 0.717) is 11.9 Å². The van der Waals surface area contributed by atoms with Crippen molar-refractivity contribution in [2.75, 3.05) is 24.3 Å². The molecule has 0 aliphatic heterocycles. The second-order valence-electron chi connectivity index (χ2n) is 4.54. The molecule has 1 aromatic carbocycles. The average Bonchev–Trinajstić information content (AvgIpc) is 2.43. The van der Waals surface area contributed by atoms with Crippen molar-refractivity contribution in [1.82, 2.24) is 15.0 Å². The molecule has 2 aromatic rings. The van der Waals surface area contributed by atoms with Gasteiger partial charge in [-0.2, -0.15) is 15.0 Å². The maximum Gasteiger partial charge on any atom is 0.322 e. The number of nitrogens with one attached hydrogen (secondary N) is 2. The second-order valence-corrected chi connectivity index (χ2v) is 5.45. The van der Waals surface area contributed by atoms with E-state index in [-0.39, 0.29) is 6.01 Å². The van der Waals surface area contributed by atoms with Crippen LogP contribution in [0, 0.1) is 13.8 Å². The average molecular weight is 352 g/mol. The molecule has 0 spiro atoms. The predicted molar refractivity (Wildman–Crippen MR) is 87.4 cm³/mol. The summed E-state index contributed by atoms with van der Waals surface area (Å²) in [5.41, 5.74) is 3.19. The molecule has 0 saturated carbocycles. The minimum atomic E-state index is 0.274. The fourth-order valence-electron chi connectivity index (χ4n) is 1.96. The van der Waals surface area contributed by atoms with Gasteiger partial charge >= 0.3 is 6.01 Å². The summed E-state index contributed by atoms with van der Waals surface area (Å²) in [6.45, 7) is 6.77. The Morgan fingerprint density at radius 2 is 1.71 bits per heavy atom. The molecule has 2 N–H and O–H groups in total. The number of anilines is 3. The molecule has 7 heteroatoms. The van der Waals surface area contributed by atoms with Crippen LogP contribution in [0.2, 0.25) is 0 Å². The van der Waals surface area contributed by atoms with Crippen LogP contribution in [0.15, 0.2) is 16.6 Å². The topological polar surface area (TPSA) is 72.0 Å². The molecular formula is C14H18BrN5O. The first-order valence-electron chi connectivity index (χ1n) is 6.61. The number of ether oxygens (including phenoxy) is 1. The normalized spacial score (nSPS) is 10.3. The Labute approximate surface area is 132 Å². The quantitative estimate of drug-likeness (QED) is 0.859. The zero-order chi connectivity index (χ0) is 15.4. The van der Waals surface area contributed by atoms with Crippen LogP contribution in [0.4, 0.5) is 17.6 Å². The molecular weight excluding hydrogens is 334 g/mol. The molecule has 0 atom stereocenters. The maximum absolute atomic E-state index is 5.11. The first-order chi connectivity index (χ1) is 10.0. The molecule has 0 aliphatic rings. The lowest BCUT2D eigenvalue weighted by molar-refractivity contribution is 0.379. The van der Waals surface area contributed by atoms with E-state index < -0.39 is 0 Å². The zero-order valence-electron chi connectivity index (χ0n) is 12.5. The number of benzene rings is 1. The highest BCUT2D eigenvalue weighted by atomic mass is 79.9. The van der Waals surface area contributed by atoms with Crippen molar-refractivity contribution in [2.24, 2.45) is 0 Å². The lowest BCUT2D eigenvalue weighted by Crippen LogP contribution is -2.08. The number of hydrogen-bond donors (Lipinski definition) is 2. The molecule has 1 aromatic heterocycles. The van der Waals surface area contributed by atoms with Gasteiger partial charge in [-0.05, 0) is 44.0 Å². The third-order valence-corrected chi connectivity index (χ3v) is 3.32. The van der Waals surface area contributed by atoms with E-state index in [1.165, 1.54) is 7.11 Å². The van der Waals surface area contributed by atoms with Gasteiger partial charge < -0.3 is 15.4 Å². The van der Waals surface area contributed by atoms with Gasteiger partial charge in [0.1, 0.15) is 0 Å². The Morgan fingerprint density at radius 3 is 2.29 bits per heavy atom. The smallest absolute Gasteiger partial charge is 0.322 e. The summed E-state index contributed by atoms with van der Waals surface area (Å²) in [5, 5.41) is 6.30. The number of hydrogen-bond acceptors (Lipinski definition) is 6. The highest BCUT2D eigenvalue weighted by molar-refractivity contribution is 9.10. The lowest BCUT2D eigenvalue weighted by atomic mass is 10.1. The van der Waals surface area contributed by atoms with Gasteiger partial charge in [-0.15, -0.1) is 0 Å². The highest BCUT2D eigenvalue weighted by Crippen LogP contribution is 2.27. The van der Waals surface area contributed by atoms with Crippen molar-refractivity contribution in [3.05, 3.63) is 27.7 Å². The Bertz CT molecular complexity index is 624. The largest absolute Gasteiger partial charge is 0.467 e. The molecule has 0 fully saturated rings. The molecule has 0 saturated heterocycles. The monoisotopic (exact) mass is 351 g/mol. The van der Waals surface area contributed by atoms with Crippen LogP contribution < -0.4 is 15.4 Å². The maximum atomic E-state index is 5.11. The Hall–Kier alpha value is -1.89. The van der Waals surface area contributed by atoms with Crippen molar-refractivity contribution in [3.63, 3.8) is 0 Å². The summed E-state index contributed by atoms with van der Waals surface area (Å²) in [7, 11) is 1.53. The number of halogens is 1. The van der Waals surface area contributed by atoms with Crippen molar-refractivity contribution in [1.29, 1.82) is 0 Å². The molecule has 0 amide bonds. The predicted octanol–water partition coefficient (Wildman–Crippen LogP) is 3.43. The van der Waals surface area contributed by atoms with E-state index in [1.807, 2.05) is 32.9 Å². The third kappa shape index (κ3) is 3.81. The molecule has 0 unspecified atom stereocenters. The number of rotatable bonds is 5. The number of aryl methyl sites for hydroxylation is 2. The van der Waals surface area contributed by atoms with Crippen molar-refractivity contribution in [2.45, 2.75) is 20.8 Å². The zero-order valence-corrected chi connectivity index (χ0v) is 14.1. The van der Waals surface area contributed by atoms with Gasteiger partial charge in [-0.3, -0.25) is 0 Å². The van der Waals surface area contributed by atoms with Crippen LogP contribution in [0.5, 0.6) is 6.01 Å². The SMILES string of the molecule is CCNc1nc(Nc2c(C)cc(Br)cc2C)nc(OC)n1.